The second kappa shape index (κ2) is 8.94. The molecule has 1 aliphatic heterocycles. The molecule has 1 saturated heterocycles. The van der Waals surface area contributed by atoms with Gasteiger partial charge < -0.3 is 19.8 Å². The first-order chi connectivity index (χ1) is 12.6. The predicted octanol–water partition coefficient (Wildman–Crippen LogP) is 1.97. The van der Waals surface area contributed by atoms with E-state index in [2.05, 4.69) is 0 Å². The molecule has 3 rings (SSSR count). The van der Waals surface area contributed by atoms with Crippen LogP contribution in [-0.4, -0.2) is 46.4 Å². The molecule has 0 radical (unpaired) electrons. The average Bonchev–Trinajstić information content (AvgIpc) is 2.94. The van der Waals surface area contributed by atoms with E-state index in [4.69, 9.17) is 4.74 Å². The van der Waals surface area contributed by atoms with Gasteiger partial charge in [0.05, 0.1) is 24.7 Å². The van der Waals surface area contributed by atoms with Crippen LogP contribution < -0.4 is 0 Å². The van der Waals surface area contributed by atoms with Gasteiger partial charge in [0.2, 0.25) is 5.91 Å². The zero-order valence-corrected chi connectivity index (χ0v) is 14.7. The van der Waals surface area contributed by atoms with Crippen LogP contribution in [0.2, 0.25) is 0 Å². The second-order valence-corrected chi connectivity index (χ2v) is 6.69. The highest BCUT2D eigenvalue weighted by Crippen LogP contribution is 2.25. The van der Waals surface area contributed by atoms with E-state index >= 15 is 0 Å². The summed E-state index contributed by atoms with van der Waals surface area (Å²) in [5, 5.41) is 20.6. The van der Waals surface area contributed by atoms with Crippen LogP contribution in [0.25, 0.3) is 0 Å². The first-order valence-electron chi connectivity index (χ1n) is 8.95. The van der Waals surface area contributed by atoms with Crippen molar-refractivity contribution in [3.8, 4) is 0 Å². The Hall–Kier alpha value is -2.21. The summed E-state index contributed by atoms with van der Waals surface area (Å²) in [5.41, 5.74) is 2.07. The Morgan fingerprint density at radius 3 is 2.31 bits per heavy atom. The van der Waals surface area contributed by atoms with E-state index < -0.39 is 18.1 Å². The van der Waals surface area contributed by atoms with Crippen molar-refractivity contribution in [3.05, 3.63) is 71.8 Å². The molecular formula is C21H25NO4. The molecule has 26 heavy (non-hydrogen) atoms. The lowest BCUT2D eigenvalue weighted by Crippen LogP contribution is -2.35. The summed E-state index contributed by atoms with van der Waals surface area (Å²) in [6, 6.07) is 19.4. The molecule has 0 spiro atoms. The number of nitrogens with zero attached hydrogens (tertiary/aromatic N) is 1. The van der Waals surface area contributed by atoms with Crippen LogP contribution in [0.15, 0.2) is 60.7 Å². The molecule has 1 heterocycles. The van der Waals surface area contributed by atoms with Crippen molar-refractivity contribution in [2.24, 2.45) is 5.92 Å². The second-order valence-electron chi connectivity index (χ2n) is 6.69. The van der Waals surface area contributed by atoms with Crippen LogP contribution in [0.1, 0.15) is 17.5 Å². The van der Waals surface area contributed by atoms with Gasteiger partial charge in [-0.2, -0.15) is 0 Å². The number of rotatable bonds is 8. The number of ether oxygens (including phenoxy) is 1. The maximum Gasteiger partial charge on any atom is 0.231 e. The fraction of sp³-hybridized carbons (Fsp3) is 0.381. The molecule has 2 aromatic rings. The van der Waals surface area contributed by atoms with E-state index in [1.165, 1.54) is 0 Å². The lowest BCUT2D eigenvalue weighted by atomic mass is 9.96. The highest BCUT2D eigenvalue weighted by molar-refractivity contribution is 5.82. The summed E-state index contributed by atoms with van der Waals surface area (Å²) in [4.78, 5) is 14.2. The topological polar surface area (TPSA) is 70.0 Å². The van der Waals surface area contributed by atoms with Gasteiger partial charge in [-0.15, -0.1) is 0 Å². The van der Waals surface area contributed by atoms with Crippen LogP contribution in [0.5, 0.6) is 0 Å². The zero-order chi connectivity index (χ0) is 18.4. The van der Waals surface area contributed by atoms with Gasteiger partial charge in [-0.05, 0) is 17.5 Å². The number of β-amino-alcohol motifs (C(OH)–C–C–N with tert-alkyl or cyclic N) is 1. The Morgan fingerprint density at radius 1 is 1.04 bits per heavy atom. The summed E-state index contributed by atoms with van der Waals surface area (Å²) < 4.78 is 5.58. The Bertz CT molecular complexity index is 692. The van der Waals surface area contributed by atoms with Gasteiger partial charge in [0.1, 0.15) is 0 Å². The van der Waals surface area contributed by atoms with Gasteiger partial charge in [-0.25, -0.2) is 0 Å². The molecule has 2 unspecified atom stereocenters. The van der Waals surface area contributed by atoms with Gasteiger partial charge >= 0.3 is 0 Å². The maximum absolute atomic E-state index is 12.6. The Labute approximate surface area is 153 Å². The van der Waals surface area contributed by atoms with E-state index in [-0.39, 0.29) is 12.5 Å². The fourth-order valence-electron chi connectivity index (χ4n) is 3.32. The van der Waals surface area contributed by atoms with Crippen LogP contribution in [-0.2, 0) is 22.7 Å². The van der Waals surface area contributed by atoms with Crippen LogP contribution in [0, 0.1) is 5.92 Å². The smallest absolute Gasteiger partial charge is 0.231 e. The lowest BCUT2D eigenvalue weighted by Gasteiger charge is -2.20. The molecule has 1 fully saturated rings. The minimum Gasteiger partial charge on any atom is -0.392 e. The summed E-state index contributed by atoms with van der Waals surface area (Å²) in [6.45, 7) is 1.50. The third-order valence-corrected chi connectivity index (χ3v) is 4.72. The van der Waals surface area contributed by atoms with Crippen molar-refractivity contribution in [2.75, 3.05) is 13.2 Å². The number of hydrogen-bond donors (Lipinski definition) is 2. The van der Waals surface area contributed by atoms with Crippen molar-refractivity contribution in [3.63, 3.8) is 0 Å². The molecule has 2 aromatic carbocycles. The molecule has 2 N–H and O–H groups in total. The quantitative estimate of drug-likeness (QED) is 0.711. The van der Waals surface area contributed by atoms with E-state index in [1.54, 1.807) is 4.90 Å². The summed E-state index contributed by atoms with van der Waals surface area (Å²) in [5.74, 6) is -0.976. The molecule has 3 atom stereocenters. The monoisotopic (exact) mass is 355 g/mol. The minimum absolute atomic E-state index is 0.197. The molecule has 138 valence electrons. The SMILES string of the molecule is O=C1C(C(O)CCOCc2ccccc2)[C@H](O)CN1Cc1ccccc1. The minimum atomic E-state index is -0.908. The van der Waals surface area contributed by atoms with Gasteiger partial charge in [0.15, 0.2) is 0 Å². The number of benzene rings is 2. The Morgan fingerprint density at radius 2 is 1.65 bits per heavy atom. The molecule has 5 heteroatoms. The lowest BCUT2D eigenvalue weighted by molar-refractivity contribution is -0.135. The zero-order valence-electron chi connectivity index (χ0n) is 14.7. The number of likely N-dealkylation sites (tertiary alicyclic amines) is 1. The first-order valence-corrected chi connectivity index (χ1v) is 8.95. The average molecular weight is 355 g/mol. The number of carbonyl (C=O) groups is 1. The molecule has 1 amide bonds. The number of aliphatic hydroxyl groups excluding tert-OH is 2. The summed E-state index contributed by atoms with van der Waals surface area (Å²) >= 11 is 0. The van der Waals surface area contributed by atoms with Gasteiger partial charge in [0, 0.05) is 19.7 Å². The number of aliphatic hydroxyl groups is 2. The standard InChI is InChI=1S/C21H25NO4/c23-18(11-12-26-15-17-9-5-2-6-10-17)20-19(24)14-22(21(20)25)13-16-7-3-1-4-8-16/h1-10,18-20,23-24H,11-15H2/t18?,19-,20?/m1/s1. The van der Waals surface area contributed by atoms with E-state index in [1.807, 2.05) is 60.7 Å². The third-order valence-electron chi connectivity index (χ3n) is 4.72. The molecule has 0 saturated carbocycles. The van der Waals surface area contributed by atoms with Crippen LogP contribution in [0.3, 0.4) is 0 Å². The van der Waals surface area contributed by atoms with Crippen molar-refractivity contribution < 1.29 is 19.7 Å². The van der Waals surface area contributed by atoms with E-state index in [9.17, 15) is 15.0 Å². The highest BCUT2D eigenvalue weighted by Gasteiger charge is 2.43. The van der Waals surface area contributed by atoms with Crippen molar-refractivity contribution >= 4 is 5.91 Å². The molecule has 5 nitrogen and oxygen atoms in total. The Balaban J connectivity index is 1.47. The predicted molar refractivity (Wildman–Crippen MR) is 98.1 cm³/mol. The molecular weight excluding hydrogens is 330 g/mol. The molecule has 0 aromatic heterocycles. The number of carbonyl (C=O) groups excluding carboxylic acids is 1. The van der Waals surface area contributed by atoms with Crippen molar-refractivity contribution in [1.29, 1.82) is 0 Å². The molecule has 0 bridgehead atoms. The van der Waals surface area contributed by atoms with Gasteiger partial charge in [0.25, 0.3) is 0 Å². The van der Waals surface area contributed by atoms with Crippen LogP contribution >= 0.6 is 0 Å². The van der Waals surface area contributed by atoms with E-state index in [0.717, 1.165) is 11.1 Å². The van der Waals surface area contributed by atoms with Gasteiger partial charge in [-0.1, -0.05) is 60.7 Å². The molecule has 1 aliphatic rings. The van der Waals surface area contributed by atoms with Crippen molar-refractivity contribution in [2.45, 2.75) is 31.8 Å². The Kier molecular flexibility index (Phi) is 6.39. The molecule has 0 aliphatic carbocycles. The largest absolute Gasteiger partial charge is 0.392 e. The van der Waals surface area contributed by atoms with Gasteiger partial charge in [-0.3, -0.25) is 4.79 Å². The number of hydrogen-bond acceptors (Lipinski definition) is 4. The first kappa shape index (κ1) is 18.6. The summed E-state index contributed by atoms with van der Waals surface area (Å²) in [7, 11) is 0. The normalized spacial score (nSPS) is 21.2. The summed E-state index contributed by atoms with van der Waals surface area (Å²) in [6.07, 6.45) is -1.44. The number of amides is 1. The van der Waals surface area contributed by atoms with Crippen molar-refractivity contribution in [1.82, 2.24) is 4.90 Å². The highest BCUT2D eigenvalue weighted by atomic mass is 16.5. The van der Waals surface area contributed by atoms with E-state index in [0.29, 0.717) is 26.2 Å². The van der Waals surface area contributed by atoms with Crippen LogP contribution in [0.4, 0.5) is 0 Å². The third kappa shape index (κ3) is 4.69. The fourth-order valence-corrected chi connectivity index (χ4v) is 3.32. The maximum atomic E-state index is 12.6.